The third-order valence-corrected chi connectivity index (χ3v) is 6.10. The van der Waals surface area contributed by atoms with E-state index in [0.717, 1.165) is 42.9 Å². The number of nitrogens with one attached hydrogen (secondary N) is 1. The van der Waals surface area contributed by atoms with Gasteiger partial charge in [0.05, 0.1) is 13.2 Å². The lowest BCUT2D eigenvalue weighted by Crippen LogP contribution is -2.41. The summed E-state index contributed by atoms with van der Waals surface area (Å²) < 4.78 is 7.50. The summed E-state index contributed by atoms with van der Waals surface area (Å²) in [4.78, 5) is 15.1. The summed E-state index contributed by atoms with van der Waals surface area (Å²) >= 11 is 6.12. The van der Waals surface area contributed by atoms with Gasteiger partial charge < -0.3 is 15.0 Å². The van der Waals surface area contributed by atoms with E-state index in [1.54, 1.807) is 0 Å². The molecule has 1 N–H and O–H groups in total. The lowest BCUT2D eigenvalue weighted by Gasteiger charge is -2.28. The smallest absolute Gasteiger partial charge is 0.274 e. The Balaban J connectivity index is 1.53. The number of hydrogen-bond acceptors (Lipinski definition) is 4. The van der Waals surface area contributed by atoms with Crippen molar-refractivity contribution in [1.29, 1.82) is 0 Å². The van der Waals surface area contributed by atoms with Crippen LogP contribution < -0.4 is 5.32 Å². The second kappa shape index (κ2) is 9.50. The van der Waals surface area contributed by atoms with Crippen molar-refractivity contribution in [2.75, 3.05) is 26.3 Å². The molecule has 0 saturated carbocycles. The summed E-state index contributed by atoms with van der Waals surface area (Å²) in [5, 5.41) is 9.23. The molecular formula is C23H31ClN4O2. The number of morpholine rings is 1. The first-order valence-corrected chi connectivity index (χ1v) is 11.3. The monoisotopic (exact) mass is 430 g/mol. The molecule has 1 aromatic carbocycles. The molecule has 2 heterocycles. The number of carbonyl (C=O) groups is 1. The molecule has 4 rings (SSSR count). The van der Waals surface area contributed by atoms with Crippen molar-refractivity contribution in [1.82, 2.24) is 20.0 Å². The van der Waals surface area contributed by atoms with Crippen molar-refractivity contribution in [3.8, 4) is 0 Å². The van der Waals surface area contributed by atoms with Crippen LogP contribution in [0, 0.1) is 5.92 Å². The molecule has 0 spiro atoms. The lowest BCUT2D eigenvalue weighted by atomic mass is 9.90. The highest BCUT2D eigenvalue weighted by atomic mass is 35.5. The number of hydrogen-bond donors (Lipinski definition) is 1. The molecule has 6 nitrogen and oxygen atoms in total. The molecular weight excluding hydrogens is 400 g/mol. The van der Waals surface area contributed by atoms with Crippen LogP contribution in [0.15, 0.2) is 24.3 Å². The molecule has 2 aromatic rings. The number of fused-ring (bicyclic) bond motifs is 1. The van der Waals surface area contributed by atoms with Crippen LogP contribution in [0.25, 0.3) is 0 Å². The van der Waals surface area contributed by atoms with E-state index >= 15 is 0 Å². The first-order valence-electron chi connectivity index (χ1n) is 10.9. The summed E-state index contributed by atoms with van der Waals surface area (Å²) in [5.74, 6) is 0.534. The van der Waals surface area contributed by atoms with E-state index < -0.39 is 0 Å². The van der Waals surface area contributed by atoms with Crippen molar-refractivity contribution in [2.45, 2.75) is 52.2 Å². The number of carbonyl (C=O) groups excluding carboxylic acids is 1. The maximum absolute atomic E-state index is 13.3. The normalized spacial score (nSPS) is 19.2. The van der Waals surface area contributed by atoms with E-state index in [1.807, 2.05) is 23.1 Å². The van der Waals surface area contributed by atoms with Gasteiger partial charge in [0, 0.05) is 48.5 Å². The minimum atomic E-state index is 0.0487. The summed E-state index contributed by atoms with van der Waals surface area (Å²) in [5.41, 5.74) is 4.18. The summed E-state index contributed by atoms with van der Waals surface area (Å²) in [6.07, 6.45) is 2.82. The molecule has 0 bridgehead atoms. The van der Waals surface area contributed by atoms with E-state index in [4.69, 9.17) is 21.4 Å². The Morgan fingerprint density at radius 1 is 1.33 bits per heavy atom. The molecule has 1 aromatic heterocycles. The van der Waals surface area contributed by atoms with Gasteiger partial charge in [-0.15, -0.1) is 0 Å². The average molecular weight is 431 g/mol. The standard InChI is InChI=1S/C23H31ClN4O2/c1-16(2)15-28-21-7-6-19(25-14-17-4-3-5-18(24)12-17)13-20(21)22(26-28)23(29)27-8-10-30-11-9-27/h3-5,12,16,19,25H,6-11,13-15H2,1-2H3/t19-/m1/s1. The van der Waals surface area contributed by atoms with E-state index in [9.17, 15) is 4.79 Å². The number of ether oxygens (including phenoxy) is 1. The van der Waals surface area contributed by atoms with Crippen LogP contribution in [0.2, 0.25) is 5.02 Å². The largest absolute Gasteiger partial charge is 0.378 e. The summed E-state index contributed by atoms with van der Waals surface area (Å²) in [6.45, 7) is 8.48. The number of rotatable bonds is 6. The Kier molecular flexibility index (Phi) is 6.76. The van der Waals surface area contributed by atoms with Gasteiger partial charge in [-0.25, -0.2) is 0 Å². The van der Waals surface area contributed by atoms with Crippen LogP contribution in [-0.4, -0.2) is 52.9 Å². The Morgan fingerprint density at radius 3 is 2.87 bits per heavy atom. The maximum atomic E-state index is 13.3. The fraction of sp³-hybridized carbons (Fsp3) is 0.565. The number of halogens is 1. The van der Waals surface area contributed by atoms with Crippen molar-refractivity contribution in [3.63, 3.8) is 0 Å². The molecule has 0 radical (unpaired) electrons. The number of amides is 1. The van der Waals surface area contributed by atoms with Gasteiger partial charge in [0.2, 0.25) is 0 Å². The molecule has 2 aliphatic rings. The molecule has 0 unspecified atom stereocenters. The molecule has 1 aliphatic carbocycles. The van der Waals surface area contributed by atoms with Crippen LogP contribution in [0.4, 0.5) is 0 Å². The molecule has 1 amide bonds. The highest BCUT2D eigenvalue weighted by Gasteiger charge is 2.31. The topological polar surface area (TPSA) is 59.4 Å². The van der Waals surface area contributed by atoms with Crippen LogP contribution in [0.5, 0.6) is 0 Å². The van der Waals surface area contributed by atoms with Gasteiger partial charge in [-0.3, -0.25) is 9.48 Å². The van der Waals surface area contributed by atoms with Crippen LogP contribution in [0.3, 0.4) is 0 Å². The Bertz CT molecular complexity index is 889. The number of nitrogens with zero attached hydrogens (tertiary/aromatic N) is 3. The minimum Gasteiger partial charge on any atom is -0.378 e. The van der Waals surface area contributed by atoms with Gasteiger partial charge >= 0.3 is 0 Å². The maximum Gasteiger partial charge on any atom is 0.274 e. The zero-order chi connectivity index (χ0) is 21.1. The lowest BCUT2D eigenvalue weighted by molar-refractivity contribution is 0.0297. The Labute approximate surface area is 183 Å². The first kappa shape index (κ1) is 21.3. The molecule has 162 valence electrons. The molecule has 1 saturated heterocycles. The van der Waals surface area contributed by atoms with Gasteiger partial charge in [0.15, 0.2) is 5.69 Å². The quantitative estimate of drug-likeness (QED) is 0.763. The second-order valence-corrected chi connectivity index (χ2v) is 9.14. The Hall–Kier alpha value is -1.89. The SMILES string of the molecule is CC(C)Cn1nc(C(=O)N2CCOCC2)c2c1CC[C@@H](NCc1cccc(Cl)c1)C2. The number of aromatic nitrogens is 2. The van der Waals surface area contributed by atoms with Crippen LogP contribution in [0.1, 0.15) is 47.6 Å². The zero-order valence-electron chi connectivity index (χ0n) is 17.9. The molecule has 1 aliphatic heterocycles. The highest BCUT2D eigenvalue weighted by Crippen LogP contribution is 2.27. The van der Waals surface area contributed by atoms with Crippen LogP contribution in [-0.2, 0) is 30.7 Å². The van der Waals surface area contributed by atoms with Gasteiger partial charge in [-0.05, 0) is 42.9 Å². The number of benzene rings is 1. The van der Waals surface area contributed by atoms with E-state index in [0.29, 0.717) is 44.0 Å². The fourth-order valence-corrected chi connectivity index (χ4v) is 4.57. The molecule has 7 heteroatoms. The van der Waals surface area contributed by atoms with Crippen molar-refractivity contribution in [3.05, 3.63) is 51.8 Å². The third kappa shape index (κ3) is 4.88. The predicted octanol–water partition coefficient (Wildman–Crippen LogP) is 3.31. The first-order chi connectivity index (χ1) is 14.5. The van der Waals surface area contributed by atoms with Gasteiger partial charge in [-0.2, -0.15) is 5.10 Å². The van der Waals surface area contributed by atoms with Crippen molar-refractivity contribution in [2.24, 2.45) is 5.92 Å². The zero-order valence-corrected chi connectivity index (χ0v) is 18.6. The Morgan fingerprint density at radius 2 is 2.13 bits per heavy atom. The predicted molar refractivity (Wildman–Crippen MR) is 118 cm³/mol. The fourth-order valence-electron chi connectivity index (χ4n) is 4.36. The van der Waals surface area contributed by atoms with Crippen LogP contribution >= 0.6 is 11.6 Å². The van der Waals surface area contributed by atoms with Gasteiger partial charge in [0.25, 0.3) is 5.91 Å². The molecule has 30 heavy (non-hydrogen) atoms. The van der Waals surface area contributed by atoms with Crippen molar-refractivity contribution >= 4 is 17.5 Å². The minimum absolute atomic E-state index is 0.0487. The third-order valence-electron chi connectivity index (χ3n) is 5.87. The second-order valence-electron chi connectivity index (χ2n) is 8.70. The van der Waals surface area contributed by atoms with E-state index in [1.165, 1.54) is 11.3 Å². The van der Waals surface area contributed by atoms with Gasteiger partial charge in [0.1, 0.15) is 0 Å². The van der Waals surface area contributed by atoms with Gasteiger partial charge in [-0.1, -0.05) is 37.6 Å². The molecule has 1 atom stereocenters. The van der Waals surface area contributed by atoms with E-state index in [2.05, 4.69) is 29.9 Å². The molecule has 1 fully saturated rings. The summed E-state index contributed by atoms with van der Waals surface area (Å²) in [7, 11) is 0. The van der Waals surface area contributed by atoms with Crippen molar-refractivity contribution < 1.29 is 9.53 Å². The summed E-state index contributed by atoms with van der Waals surface area (Å²) in [6, 6.07) is 8.28. The highest BCUT2D eigenvalue weighted by molar-refractivity contribution is 6.30. The average Bonchev–Trinajstić information content (AvgIpc) is 3.09. The van der Waals surface area contributed by atoms with E-state index in [-0.39, 0.29) is 5.91 Å².